The third-order valence-corrected chi connectivity index (χ3v) is 4.17. The van der Waals surface area contributed by atoms with Gasteiger partial charge in [0.25, 0.3) is 0 Å². The Hall–Kier alpha value is -1.06. The molecule has 104 valence electrons. The van der Waals surface area contributed by atoms with Crippen LogP contribution in [0.3, 0.4) is 0 Å². The monoisotopic (exact) mass is 261 g/mol. The summed E-state index contributed by atoms with van der Waals surface area (Å²) >= 11 is 0. The largest absolute Gasteiger partial charge is 0.493 e. The number of rotatable bonds is 3. The van der Waals surface area contributed by atoms with Crippen molar-refractivity contribution in [2.75, 3.05) is 26.4 Å². The second-order valence-electron chi connectivity index (χ2n) is 6.11. The number of ether oxygens (including phenoxy) is 2. The quantitative estimate of drug-likeness (QED) is 0.907. The molecule has 1 unspecified atom stereocenters. The molecule has 0 aromatic heterocycles. The first-order valence-electron chi connectivity index (χ1n) is 7.28. The van der Waals surface area contributed by atoms with Crippen LogP contribution >= 0.6 is 0 Å². The van der Waals surface area contributed by atoms with Crippen molar-refractivity contribution >= 4 is 0 Å². The Balaban J connectivity index is 1.63. The molecule has 3 nitrogen and oxygen atoms in total. The van der Waals surface area contributed by atoms with Crippen LogP contribution in [0.5, 0.6) is 5.75 Å². The Morgan fingerprint density at radius 3 is 3.16 bits per heavy atom. The van der Waals surface area contributed by atoms with E-state index in [2.05, 4.69) is 30.4 Å². The van der Waals surface area contributed by atoms with Crippen LogP contribution in [0.25, 0.3) is 0 Å². The lowest BCUT2D eigenvalue weighted by molar-refractivity contribution is -0.0215. The molecule has 0 bridgehead atoms. The van der Waals surface area contributed by atoms with E-state index < -0.39 is 0 Å². The molecule has 1 aromatic rings. The van der Waals surface area contributed by atoms with Gasteiger partial charge in [0.15, 0.2) is 0 Å². The molecule has 1 aromatic carbocycles. The summed E-state index contributed by atoms with van der Waals surface area (Å²) in [4.78, 5) is 0. The Labute approximate surface area is 115 Å². The summed E-state index contributed by atoms with van der Waals surface area (Å²) in [5.41, 5.74) is 3.02. The van der Waals surface area contributed by atoms with Crippen molar-refractivity contribution in [1.29, 1.82) is 0 Å². The van der Waals surface area contributed by atoms with E-state index in [0.717, 1.165) is 51.5 Å². The molecule has 1 fully saturated rings. The van der Waals surface area contributed by atoms with E-state index in [4.69, 9.17) is 9.47 Å². The normalized spacial score (nSPS) is 26.8. The minimum absolute atomic E-state index is 0.176. The van der Waals surface area contributed by atoms with E-state index in [1.54, 1.807) is 0 Å². The van der Waals surface area contributed by atoms with Gasteiger partial charge in [0.05, 0.1) is 13.2 Å². The fourth-order valence-corrected chi connectivity index (χ4v) is 2.91. The fraction of sp³-hybridized carbons (Fsp3) is 0.625. The molecular formula is C16H23NO2. The van der Waals surface area contributed by atoms with Crippen molar-refractivity contribution in [2.24, 2.45) is 5.41 Å². The van der Waals surface area contributed by atoms with Crippen molar-refractivity contribution in [3.63, 3.8) is 0 Å². The topological polar surface area (TPSA) is 30.5 Å². The van der Waals surface area contributed by atoms with Crippen LogP contribution in [0.15, 0.2) is 18.2 Å². The van der Waals surface area contributed by atoms with Crippen LogP contribution in [-0.4, -0.2) is 26.4 Å². The zero-order valence-corrected chi connectivity index (χ0v) is 11.7. The number of hydrogen-bond acceptors (Lipinski definition) is 3. The molecule has 3 heteroatoms. The SMILES string of the molecule is CC1(COc2ccc3c(c2)CCNC3)CCCOC1. The van der Waals surface area contributed by atoms with Crippen molar-refractivity contribution in [1.82, 2.24) is 5.32 Å². The molecule has 1 atom stereocenters. The average Bonchev–Trinajstić information content (AvgIpc) is 2.46. The molecule has 0 radical (unpaired) electrons. The van der Waals surface area contributed by atoms with E-state index in [-0.39, 0.29) is 5.41 Å². The zero-order valence-electron chi connectivity index (χ0n) is 11.7. The number of nitrogens with one attached hydrogen (secondary N) is 1. The van der Waals surface area contributed by atoms with Gasteiger partial charge in [-0.2, -0.15) is 0 Å². The van der Waals surface area contributed by atoms with Gasteiger partial charge >= 0.3 is 0 Å². The van der Waals surface area contributed by atoms with Gasteiger partial charge in [-0.15, -0.1) is 0 Å². The molecule has 0 spiro atoms. The molecule has 3 rings (SSSR count). The Morgan fingerprint density at radius 1 is 1.37 bits per heavy atom. The molecule has 1 saturated heterocycles. The summed E-state index contributed by atoms with van der Waals surface area (Å²) in [7, 11) is 0. The molecule has 2 heterocycles. The van der Waals surface area contributed by atoms with E-state index in [0.29, 0.717) is 0 Å². The second kappa shape index (κ2) is 5.51. The second-order valence-corrected chi connectivity index (χ2v) is 6.11. The van der Waals surface area contributed by atoms with Crippen LogP contribution in [-0.2, 0) is 17.7 Å². The minimum Gasteiger partial charge on any atom is -0.493 e. The molecular weight excluding hydrogens is 238 g/mol. The van der Waals surface area contributed by atoms with Crippen LogP contribution in [0.2, 0.25) is 0 Å². The highest BCUT2D eigenvalue weighted by Crippen LogP contribution is 2.29. The molecule has 0 aliphatic carbocycles. The summed E-state index contributed by atoms with van der Waals surface area (Å²) in [5.74, 6) is 1.01. The first-order chi connectivity index (χ1) is 9.25. The van der Waals surface area contributed by atoms with Crippen LogP contribution in [0, 0.1) is 5.41 Å². The molecule has 2 aliphatic rings. The number of fused-ring (bicyclic) bond motifs is 1. The van der Waals surface area contributed by atoms with Gasteiger partial charge in [-0.3, -0.25) is 0 Å². The lowest BCUT2D eigenvalue weighted by Gasteiger charge is -2.33. The number of hydrogen-bond donors (Lipinski definition) is 1. The van der Waals surface area contributed by atoms with Gasteiger partial charge in [-0.1, -0.05) is 13.0 Å². The van der Waals surface area contributed by atoms with Crippen LogP contribution in [0.1, 0.15) is 30.9 Å². The van der Waals surface area contributed by atoms with Gasteiger partial charge in [-0.05, 0) is 49.1 Å². The highest BCUT2D eigenvalue weighted by molar-refractivity contribution is 5.37. The smallest absolute Gasteiger partial charge is 0.119 e. The summed E-state index contributed by atoms with van der Waals surface area (Å²) in [6.45, 7) is 6.80. The third-order valence-electron chi connectivity index (χ3n) is 4.17. The first kappa shape index (κ1) is 12.9. The zero-order chi connectivity index (χ0) is 13.1. The Bertz CT molecular complexity index is 438. The van der Waals surface area contributed by atoms with Crippen LogP contribution < -0.4 is 10.1 Å². The van der Waals surface area contributed by atoms with Gasteiger partial charge in [0.1, 0.15) is 5.75 Å². The molecule has 2 aliphatic heterocycles. The van der Waals surface area contributed by atoms with E-state index in [9.17, 15) is 0 Å². The predicted molar refractivity (Wildman–Crippen MR) is 75.5 cm³/mol. The van der Waals surface area contributed by atoms with Crippen LogP contribution in [0.4, 0.5) is 0 Å². The van der Waals surface area contributed by atoms with Crippen molar-refractivity contribution < 1.29 is 9.47 Å². The lowest BCUT2D eigenvalue weighted by Crippen LogP contribution is -2.34. The van der Waals surface area contributed by atoms with E-state index in [1.807, 2.05) is 0 Å². The highest BCUT2D eigenvalue weighted by Gasteiger charge is 2.28. The predicted octanol–water partition coefficient (Wildman–Crippen LogP) is 2.53. The van der Waals surface area contributed by atoms with Gasteiger partial charge in [-0.25, -0.2) is 0 Å². The Kier molecular flexibility index (Phi) is 3.76. The van der Waals surface area contributed by atoms with Crippen molar-refractivity contribution in [3.05, 3.63) is 29.3 Å². The van der Waals surface area contributed by atoms with Gasteiger partial charge in [0, 0.05) is 18.6 Å². The third kappa shape index (κ3) is 3.10. The first-order valence-corrected chi connectivity index (χ1v) is 7.28. The fourth-order valence-electron chi connectivity index (χ4n) is 2.91. The highest BCUT2D eigenvalue weighted by atomic mass is 16.5. The Morgan fingerprint density at radius 2 is 2.32 bits per heavy atom. The summed E-state index contributed by atoms with van der Waals surface area (Å²) < 4.78 is 11.6. The van der Waals surface area contributed by atoms with E-state index in [1.165, 1.54) is 17.5 Å². The standard InChI is InChI=1S/C16H23NO2/c1-16(6-2-8-18-11-16)12-19-15-4-3-14-10-17-7-5-13(14)9-15/h3-4,9,17H,2,5-8,10-12H2,1H3. The van der Waals surface area contributed by atoms with Crippen molar-refractivity contribution in [2.45, 2.75) is 32.7 Å². The maximum atomic E-state index is 6.01. The number of benzene rings is 1. The molecule has 1 N–H and O–H groups in total. The molecule has 19 heavy (non-hydrogen) atoms. The molecule has 0 amide bonds. The van der Waals surface area contributed by atoms with Gasteiger partial charge < -0.3 is 14.8 Å². The minimum atomic E-state index is 0.176. The van der Waals surface area contributed by atoms with E-state index >= 15 is 0 Å². The van der Waals surface area contributed by atoms with Gasteiger partial charge in [0.2, 0.25) is 0 Å². The maximum Gasteiger partial charge on any atom is 0.119 e. The summed E-state index contributed by atoms with van der Waals surface area (Å²) in [5, 5.41) is 3.39. The molecule has 0 saturated carbocycles. The van der Waals surface area contributed by atoms with Crippen molar-refractivity contribution in [3.8, 4) is 5.75 Å². The average molecular weight is 261 g/mol. The summed E-state index contributed by atoms with van der Waals surface area (Å²) in [6.07, 6.45) is 3.45. The maximum absolute atomic E-state index is 6.01. The summed E-state index contributed by atoms with van der Waals surface area (Å²) in [6, 6.07) is 6.50. The lowest BCUT2D eigenvalue weighted by atomic mass is 9.86.